The Morgan fingerprint density at radius 3 is 2.21 bits per heavy atom. The maximum absolute atomic E-state index is 12.8. The first-order valence-corrected chi connectivity index (χ1v) is 15.1. The zero-order chi connectivity index (χ0) is 25.7. The highest BCUT2D eigenvalue weighted by molar-refractivity contribution is 5.94. The molecule has 6 heteroatoms. The minimum absolute atomic E-state index is 0.166. The van der Waals surface area contributed by atoms with Gasteiger partial charge in [-0.25, -0.2) is 0 Å². The molecule has 1 amide bonds. The number of piperidine rings is 1. The Bertz CT molecular complexity index is 1020. The topological polar surface area (TPSA) is 42.1 Å². The van der Waals surface area contributed by atoms with E-state index in [0.29, 0.717) is 12.1 Å². The Morgan fingerprint density at radius 1 is 0.789 bits per heavy atom. The molecule has 4 aliphatic rings. The van der Waals surface area contributed by atoms with Gasteiger partial charge in [-0.1, -0.05) is 61.7 Å². The first-order valence-electron chi connectivity index (χ1n) is 15.1. The maximum Gasteiger partial charge on any atom is 0.253 e. The van der Waals surface area contributed by atoms with Gasteiger partial charge < -0.3 is 10.2 Å². The number of benzene rings is 2. The summed E-state index contributed by atoms with van der Waals surface area (Å²) in [5.74, 6) is 0.166. The molecule has 1 atom stereocenters. The third-order valence-electron chi connectivity index (χ3n) is 9.47. The molecule has 0 unspecified atom stereocenters. The third kappa shape index (κ3) is 5.99. The Kier molecular flexibility index (Phi) is 8.41. The molecule has 1 aliphatic carbocycles. The predicted octanol–water partition coefficient (Wildman–Crippen LogP) is 4.35. The summed E-state index contributed by atoms with van der Waals surface area (Å²) in [6.45, 7) is 8.98. The second-order valence-electron chi connectivity index (χ2n) is 11.9. The van der Waals surface area contributed by atoms with Gasteiger partial charge in [-0.2, -0.15) is 0 Å². The molecule has 2 aromatic carbocycles. The van der Waals surface area contributed by atoms with Gasteiger partial charge >= 0.3 is 0 Å². The number of nitrogens with one attached hydrogen (secondary N) is 1. The highest BCUT2D eigenvalue weighted by Crippen LogP contribution is 2.36. The van der Waals surface area contributed by atoms with Crippen LogP contribution in [0.4, 0.5) is 0 Å². The van der Waals surface area contributed by atoms with Crippen LogP contribution in [0.1, 0.15) is 72.5 Å². The summed E-state index contributed by atoms with van der Waals surface area (Å²) < 4.78 is 0. The van der Waals surface area contributed by atoms with Crippen LogP contribution in [-0.4, -0.2) is 90.1 Å². The van der Waals surface area contributed by atoms with Crippen LogP contribution in [0.15, 0.2) is 54.6 Å². The van der Waals surface area contributed by atoms with Crippen LogP contribution >= 0.6 is 0 Å². The van der Waals surface area contributed by atoms with Crippen molar-refractivity contribution in [2.75, 3.05) is 52.5 Å². The van der Waals surface area contributed by atoms with E-state index in [4.69, 9.17) is 0 Å². The quantitative estimate of drug-likeness (QED) is 0.620. The van der Waals surface area contributed by atoms with Crippen molar-refractivity contribution in [2.24, 2.45) is 0 Å². The molecular formula is C32H45N5O. The van der Waals surface area contributed by atoms with Crippen LogP contribution in [0.3, 0.4) is 0 Å². The molecule has 1 saturated carbocycles. The van der Waals surface area contributed by atoms with Crippen molar-refractivity contribution in [3.63, 3.8) is 0 Å². The third-order valence-corrected chi connectivity index (χ3v) is 9.47. The number of hydrogen-bond donors (Lipinski definition) is 1. The van der Waals surface area contributed by atoms with Gasteiger partial charge in [-0.3, -0.25) is 19.5 Å². The lowest BCUT2D eigenvalue weighted by molar-refractivity contribution is 0.0735. The molecule has 1 N–H and O–H groups in total. The lowest BCUT2D eigenvalue weighted by atomic mass is 9.94. The molecule has 3 heterocycles. The maximum atomic E-state index is 12.8. The fourth-order valence-electron chi connectivity index (χ4n) is 7.22. The van der Waals surface area contributed by atoms with Crippen molar-refractivity contribution in [1.82, 2.24) is 24.9 Å². The molecule has 0 bridgehead atoms. The minimum atomic E-state index is 0.166. The van der Waals surface area contributed by atoms with E-state index >= 15 is 0 Å². The molecule has 6 rings (SSSR count). The van der Waals surface area contributed by atoms with E-state index < -0.39 is 0 Å². The molecule has 0 radical (unpaired) electrons. The molecule has 0 spiro atoms. The van der Waals surface area contributed by atoms with Crippen LogP contribution in [0.5, 0.6) is 0 Å². The minimum Gasteiger partial charge on any atom is -0.336 e. The van der Waals surface area contributed by atoms with Gasteiger partial charge in [0.15, 0.2) is 0 Å². The normalized spacial score (nSPS) is 25.2. The highest BCUT2D eigenvalue weighted by Gasteiger charge is 2.39. The van der Waals surface area contributed by atoms with E-state index in [2.05, 4.69) is 62.5 Å². The van der Waals surface area contributed by atoms with Crippen LogP contribution < -0.4 is 5.32 Å². The van der Waals surface area contributed by atoms with E-state index in [1.165, 1.54) is 62.6 Å². The van der Waals surface area contributed by atoms with Gasteiger partial charge in [0.2, 0.25) is 0 Å². The molecule has 0 aromatic heterocycles. The highest BCUT2D eigenvalue weighted by atomic mass is 16.2. The van der Waals surface area contributed by atoms with Crippen molar-refractivity contribution in [1.29, 1.82) is 0 Å². The van der Waals surface area contributed by atoms with Crippen LogP contribution in [0.2, 0.25) is 0 Å². The standard InChI is InChI=1S/C32H45N5O/c38-32(35-21-17-33-18-22-35)28-13-11-26(12-14-28)23-34-19-15-30(16-20-34)37-25-36(29-9-5-2-6-10-29)24-31(37)27-7-3-1-4-8-27/h1,3-4,7-8,11-14,29-31,33H,2,5-6,9-10,15-25H2/t31-/m0/s1. The number of nitrogens with zero attached hydrogens (tertiary/aromatic N) is 4. The molecule has 3 aliphatic heterocycles. The van der Waals surface area contributed by atoms with Gasteiger partial charge in [0.25, 0.3) is 5.91 Å². The summed E-state index contributed by atoms with van der Waals surface area (Å²) in [4.78, 5) is 23.0. The average molecular weight is 516 g/mol. The monoisotopic (exact) mass is 515 g/mol. The number of rotatable bonds is 6. The van der Waals surface area contributed by atoms with E-state index in [1.807, 2.05) is 17.0 Å². The van der Waals surface area contributed by atoms with Crippen molar-refractivity contribution in [3.05, 3.63) is 71.3 Å². The average Bonchev–Trinajstić information content (AvgIpc) is 3.45. The Morgan fingerprint density at radius 2 is 1.50 bits per heavy atom. The molecule has 38 heavy (non-hydrogen) atoms. The van der Waals surface area contributed by atoms with Crippen LogP contribution in [-0.2, 0) is 6.54 Å². The lowest BCUT2D eigenvalue weighted by Gasteiger charge is -2.39. The zero-order valence-corrected chi connectivity index (χ0v) is 22.9. The molecule has 204 valence electrons. The van der Waals surface area contributed by atoms with Crippen LogP contribution in [0.25, 0.3) is 0 Å². The fourth-order valence-corrected chi connectivity index (χ4v) is 7.22. The van der Waals surface area contributed by atoms with Crippen LogP contribution in [0, 0.1) is 0 Å². The molecular weight excluding hydrogens is 470 g/mol. The number of carbonyl (C=O) groups is 1. The predicted molar refractivity (Wildman–Crippen MR) is 153 cm³/mol. The van der Waals surface area contributed by atoms with E-state index in [-0.39, 0.29) is 5.91 Å². The molecule has 3 saturated heterocycles. The Hall–Kier alpha value is -2.25. The molecule has 4 fully saturated rings. The fraction of sp³-hybridized carbons (Fsp3) is 0.594. The first-order chi connectivity index (χ1) is 18.7. The van der Waals surface area contributed by atoms with Gasteiger partial charge in [0.05, 0.1) is 6.67 Å². The summed E-state index contributed by atoms with van der Waals surface area (Å²) in [6.07, 6.45) is 9.47. The number of likely N-dealkylation sites (tertiary alicyclic amines) is 1. The SMILES string of the molecule is O=C(c1ccc(CN2CCC(N3CN(C4CCCCC4)C[C@H]3c3ccccc3)CC2)cc1)N1CCNCC1. The summed E-state index contributed by atoms with van der Waals surface area (Å²) in [5, 5.41) is 3.32. The van der Waals surface area contributed by atoms with Gasteiger partial charge in [-0.15, -0.1) is 0 Å². The largest absolute Gasteiger partial charge is 0.336 e. The van der Waals surface area contributed by atoms with Gasteiger partial charge in [0.1, 0.15) is 0 Å². The number of piperazine rings is 1. The first kappa shape index (κ1) is 26.0. The van der Waals surface area contributed by atoms with E-state index in [9.17, 15) is 4.79 Å². The van der Waals surface area contributed by atoms with Crippen molar-refractivity contribution >= 4 is 5.91 Å². The second-order valence-corrected chi connectivity index (χ2v) is 11.9. The van der Waals surface area contributed by atoms with Gasteiger partial charge in [-0.05, 0) is 62.0 Å². The summed E-state index contributed by atoms with van der Waals surface area (Å²) >= 11 is 0. The van der Waals surface area contributed by atoms with Crippen molar-refractivity contribution < 1.29 is 4.79 Å². The van der Waals surface area contributed by atoms with Gasteiger partial charge in [0, 0.05) is 63.0 Å². The summed E-state index contributed by atoms with van der Waals surface area (Å²) in [7, 11) is 0. The number of hydrogen-bond acceptors (Lipinski definition) is 5. The number of amides is 1. The second kappa shape index (κ2) is 12.3. The summed E-state index contributed by atoms with van der Waals surface area (Å²) in [6, 6.07) is 21.6. The smallest absolute Gasteiger partial charge is 0.253 e. The lowest BCUT2D eigenvalue weighted by Crippen LogP contribution is -2.46. The zero-order valence-electron chi connectivity index (χ0n) is 22.9. The Balaban J connectivity index is 1.05. The van der Waals surface area contributed by atoms with Crippen molar-refractivity contribution in [3.8, 4) is 0 Å². The molecule has 6 nitrogen and oxygen atoms in total. The number of carbonyl (C=O) groups excluding carboxylic acids is 1. The van der Waals surface area contributed by atoms with Crippen molar-refractivity contribution in [2.45, 2.75) is 69.6 Å². The molecule has 2 aromatic rings. The summed E-state index contributed by atoms with van der Waals surface area (Å²) in [5.41, 5.74) is 3.62. The van der Waals surface area contributed by atoms with E-state index in [0.717, 1.165) is 64.1 Å². The van der Waals surface area contributed by atoms with E-state index in [1.54, 1.807) is 0 Å². The Labute approximate surface area is 229 Å².